The molecule has 3 aromatic carbocycles. The number of hydrogen-bond acceptors (Lipinski definition) is 8. The molecule has 1 aliphatic rings. The SMILES string of the molecule is COC(=O)c1ccc2c(C(=Nc3ccc(C(=O)N(C)CCN(C)C)cc3)c3ccc4c(c3)OC=CO4)c(O)[nH]c2c1. The lowest BCUT2D eigenvalue weighted by Crippen LogP contribution is -2.33. The fraction of sp³-hybridized carbons (Fsp3) is 0.194. The second kappa shape index (κ2) is 11.6. The largest absolute Gasteiger partial charge is 0.494 e. The van der Waals surface area contributed by atoms with Crippen LogP contribution in [0.15, 0.2) is 78.2 Å². The van der Waals surface area contributed by atoms with Crippen molar-refractivity contribution < 1.29 is 28.9 Å². The minimum Gasteiger partial charge on any atom is -0.494 e. The number of likely N-dealkylation sites (N-methyl/N-ethyl adjacent to an activating group) is 2. The third-order valence-corrected chi connectivity index (χ3v) is 6.68. The number of benzene rings is 3. The minimum absolute atomic E-state index is 0.0850. The number of esters is 1. The molecule has 41 heavy (non-hydrogen) atoms. The fourth-order valence-corrected chi connectivity index (χ4v) is 4.46. The maximum absolute atomic E-state index is 12.9. The van der Waals surface area contributed by atoms with Crippen molar-refractivity contribution in [2.24, 2.45) is 4.99 Å². The van der Waals surface area contributed by atoms with Gasteiger partial charge in [-0.1, -0.05) is 6.07 Å². The van der Waals surface area contributed by atoms with Gasteiger partial charge < -0.3 is 34.1 Å². The lowest BCUT2D eigenvalue weighted by molar-refractivity contribution is 0.0600. The maximum atomic E-state index is 12.9. The van der Waals surface area contributed by atoms with Gasteiger partial charge in [0.05, 0.1) is 29.6 Å². The summed E-state index contributed by atoms with van der Waals surface area (Å²) in [5, 5.41) is 11.7. The Morgan fingerprint density at radius 1 is 0.878 bits per heavy atom. The molecule has 10 nitrogen and oxygen atoms in total. The van der Waals surface area contributed by atoms with Crippen molar-refractivity contribution in [1.82, 2.24) is 14.8 Å². The highest BCUT2D eigenvalue weighted by Gasteiger charge is 2.22. The van der Waals surface area contributed by atoms with Crippen molar-refractivity contribution in [2.45, 2.75) is 0 Å². The van der Waals surface area contributed by atoms with Gasteiger partial charge in [-0.05, 0) is 68.7 Å². The van der Waals surface area contributed by atoms with Crippen molar-refractivity contribution in [1.29, 1.82) is 0 Å². The number of methoxy groups -OCH3 is 1. The number of carbonyl (C=O) groups excluding carboxylic acids is 2. The molecule has 0 spiro atoms. The summed E-state index contributed by atoms with van der Waals surface area (Å²) in [6.45, 7) is 1.36. The Morgan fingerprint density at radius 3 is 2.27 bits per heavy atom. The van der Waals surface area contributed by atoms with Crippen LogP contribution in [0.3, 0.4) is 0 Å². The number of amides is 1. The van der Waals surface area contributed by atoms with E-state index in [1.54, 1.807) is 66.5 Å². The number of carbonyl (C=O) groups is 2. The molecule has 0 radical (unpaired) electrons. The molecule has 2 heterocycles. The number of aromatic nitrogens is 1. The number of nitrogens with one attached hydrogen (secondary N) is 1. The van der Waals surface area contributed by atoms with E-state index in [0.29, 0.717) is 62.6 Å². The highest BCUT2D eigenvalue weighted by molar-refractivity contribution is 6.22. The molecule has 0 bridgehead atoms. The van der Waals surface area contributed by atoms with Crippen LogP contribution in [0.1, 0.15) is 31.8 Å². The van der Waals surface area contributed by atoms with E-state index in [4.69, 9.17) is 19.2 Å². The molecule has 0 saturated heterocycles. The highest BCUT2D eigenvalue weighted by Crippen LogP contribution is 2.36. The van der Waals surface area contributed by atoms with Crippen LogP contribution in [0.25, 0.3) is 10.9 Å². The third-order valence-electron chi connectivity index (χ3n) is 6.68. The van der Waals surface area contributed by atoms with Crippen LogP contribution in [0.2, 0.25) is 0 Å². The van der Waals surface area contributed by atoms with Gasteiger partial charge in [0.2, 0.25) is 0 Å². The van der Waals surface area contributed by atoms with Gasteiger partial charge in [-0.25, -0.2) is 9.79 Å². The quantitative estimate of drug-likeness (QED) is 0.239. The number of H-pyrrole nitrogens is 1. The lowest BCUT2D eigenvalue weighted by atomic mass is 9.99. The molecule has 0 unspecified atom stereocenters. The Bertz CT molecular complexity index is 1670. The number of fused-ring (bicyclic) bond motifs is 2. The van der Waals surface area contributed by atoms with Crippen LogP contribution in [0.4, 0.5) is 5.69 Å². The van der Waals surface area contributed by atoms with Gasteiger partial charge in [-0.3, -0.25) is 4.79 Å². The first kappa shape index (κ1) is 27.5. The topological polar surface area (TPSA) is 117 Å². The molecule has 10 heteroatoms. The summed E-state index contributed by atoms with van der Waals surface area (Å²) in [5.74, 6) is 0.343. The molecule has 1 aliphatic heterocycles. The van der Waals surface area contributed by atoms with E-state index in [1.165, 1.54) is 19.6 Å². The van der Waals surface area contributed by atoms with E-state index in [0.717, 1.165) is 6.54 Å². The van der Waals surface area contributed by atoms with Crippen molar-refractivity contribution in [3.05, 3.63) is 95.4 Å². The zero-order valence-electron chi connectivity index (χ0n) is 23.2. The second-order valence-corrected chi connectivity index (χ2v) is 9.81. The third kappa shape index (κ3) is 5.78. The number of aliphatic imine (C=N–C) groups is 1. The van der Waals surface area contributed by atoms with Gasteiger partial charge in [0, 0.05) is 42.2 Å². The zero-order chi connectivity index (χ0) is 29.1. The summed E-state index contributed by atoms with van der Waals surface area (Å²) < 4.78 is 16.0. The highest BCUT2D eigenvalue weighted by atomic mass is 16.5. The van der Waals surface area contributed by atoms with Gasteiger partial charge in [0.25, 0.3) is 5.91 Å². The van der Waals surface area contributed by atoms with Crippen LogP contribution in [-0.2, 0) is 4.74 Å². The molecule has 5 rings (SSSR count). The van der Waals surface area contributed by atoms with E-state index < -0.39 is 5.97 Å². The Balaban J connectivity index is 1.57. The van der Waals surface area contributed by atoms with E-state index in [1.807, 2.05) is 25.1 Å². The summed E-state index contributed by atoms with van der Waals surface area (Å²) in [5.41, 5.74) is 3.53. The molecule has 0 aliphatic carbocycles. The average Bonchev–Trinajstić information content (AvgIpc) is 3.32. The van der Waals surface area contributed by atoms with Crippen molar-refractivity contribution in [2.75, 3.05) is 41.3 Å². The van der Waals surface area contributed by atoms with Crippen LogP contribution >= 0.6 is 0 Å². The number of hydrogen-bond donors (Lipinski definition) is 2. The predicted molar refractivity (Wildman–Crippen MR) is 155 cm³/mol. The second-order valence-electron chi connectivity index (χ2n) is 9.81. The first-order valence-electron chi connectivity index (χ1n) is 12.9. The fourth-order valence-electron chi connectivity index (χ4n) is 4.46. The smallest absolute Gasteiger partial charge is 0.337 e. The average molecular weight is 555 g/mol. The zero-order valence-corrected chi connectivity index (χ0v) is 23.2. The summed E-state index contributed by atoms with van der Waals surface area (Å²) in [6, 6.07) is 17.3. The molecule has 4 aromatic rings. The van der Waals surface area contributed by atoms with Crippen molar-refractivity contribution in [3.63, 3.8) is 0 Å². The van der Waals surface area contributed by atoms with Gasteiger partial charge in [0.1, 0.15) is 12.5 Å². The van der Waals surface area contributed by atoms with E-state index in [2.05, 4.69) is 4.98 Å². The molecular formula is C31H30N4O6. The first-order valence-corrected chi connectivity index (χ1v) is 12.9. The molecule has 2 N–H and O–H groups in total. The van der Waals surface area contributed by atoms with E-state index in [-0.39, 0.29) is 11.8 Å². The number of rotatable bonds is 8. The summed E-state index contributed by atoms with van der Waals surface area (Å²) in [4.78, 5) is 36.5. The minimum atomic E-state index is -0.488. The molecular weight excluding hydrogens is 524 g/mol. The van der Waals surface area contributed by atoms with Crippen LogP contribution in [-0.4, -0.2) is 78.8 Å². The maximum Gasteiger partial charge on any atom is 0.337 e. The molecule has 0 fully saturated rings. The monoisotopic (exact) mass is 554 g/mol. The lowest BCUT2D eigenvalue weighted by Gasteiger charge is -2.19. The Kier molecular flexibility index (Phi) is 7.75. The molecule has 1 aromatic heterocycles. The van der Waals surface area contributed by atoms with Crippen LogP contribution in [0, 0.1) is 0 Å². The van der Waals surface area contributed by atoms with Crippen molar-refractivity contribution >= 4 is 34.2 Å². The normalized spacial score (nSPS) is 12.6. The van der Waals surface area contributed by atoms with E-state index >= 15 is 0 Å². The first-order chi connectivity index (χ1) is 19.7. The Hall–Kier alpha value is -5.09. The number of ether oxygens (including phenoxy) is 3. The molecule has 0 saturated carbocycles. The molecule has 1 amide bonds. The Morgan fingerprint density at radius 2 is 1.56 bits per heavy atom. The predicted octanol–water partition coefficient (Wildman–Crippen LogP) is 4.71. The summed E-state index contributed by atoms with van der Waals surface area (Å²) in [7, 11) is 7.01. The van der Waals surface area contributed by atoms with Gasteiger partial charge >= 0.3 is 5.97 Å². The van der Waals surface area contributed by atoms with Crippen molar-refractivity contribution in [3.8, 4) is 17.4 Å². The number of aromatic amines is 1. The van der Waals surface area contributed by atoms with Gasteiger partial charge in [0.15, 0.2) is 17.4 Å². The summed E-state index contributed by atoms with van der Waals surface area (Å²) in [6.07, 6.45) is 2.88. The number of nitrogens with zero attached hydrogens (tertiary/aromatic N) is 3. The number of aromatic hydroxyl groups is 1. The molecule has 210 valence electrons. The van der Waals surface area contributed by atoms with Crippen LogP contribution < -0.4 is 9.47 Å². The standard InChI is InChI=1S/C31H30N4O6/c1-34(2)13-14-35(3)30(37)19-5-9-22(10-6-19)32-28(20-8-12-25-26(18-20)41-16-15-40-25)27-23-11-7-21(31(38)39-4)17-24(23)33-29(27)36/h5-12,15-18,33,36H,13-14H2,1-4H3. The summed E-state index contributed by atoms with van der Waals surface area (Å²) >= 11 is 0. The van der Waals surface area contributed by atoms with Crippen LogP contribution in [0.5, 0.6) is 17.4 Å². The molecule has 0 atom stereocenters. The Labute approximate surface area is 237 Å². The van der Waals surface area contributed by atoms with Gasteiger partial charge in [-0.15, -0.1) is 0 Å². The van der Waals surface area contributed by atoms with Gasteiger partial charge in [-0.2, -0.15) is 0 Å². The van der Waals surface area contributed by atoms with E-state index in [9.17, 15) is 14.7 Å².